The van der Waals surface area contributed by atoms with Crippen LogP contribution in [0.3, 0.4) is 0 Å². The maximum Gasteiger partial charge on any atom is 0.287 e. The second kappa shape index (κ2) is 7.87. The monoisotopic (exact) mass is 287 g/mol. The van der Waals surface area contributed by atoms with Crippen LogP contribution in [0.4, 0.5) is 0 Å². The summed E-state index contributed by atoms with van der Waals surface area (Å²) < 4.78 is 5.66. The molecule has 1 heterocycles. The summed E-state index contributed by atoms with van der Waals surface area (Å²) in [6, 6.07) is 7.76. The zero-order valence-corrected chi connectivity index (χ0v) is 13.1. The van der Waals surface area contributed by atoms with Crippen molar-refractivity contribution in [2.24, 2.45) is 0 Å². The summed E-state index contributed by atoms with van der Waals surface area (Å²) in [5, 5.41) is 3.97. The molecule has 3 heteroatoms. The fraction of sp³-hybridized carbons (Fsp3) is 0.500. The van der Waals surface area contributed by atoms with Gasteiger partial charge in [0.1, 0.15) is 5.58 Å². The van der Waals surface area contributed by atoms with E-state index in [2.05, 4.69) is 12.2 Å². The molecule has 0 aliphatic carbocycles. The Morgan fingerprint density at radius 3 is 2.57 bits per heavy atom. The van der Waals surface area contributed by atoms with Gasteiger partial charge in [-0.15, -0.1) is 0 Å². The number of carbonyl (C=O) groups is 1. The van der Waals surface area contributed by atoms with E-state index in [1.807, 2.05) is 31.2 Å². The number of hydrogen-bond donors (Lipinski definition) is 1. The Labute approximate surface area is 126 Å². The fourth-order valence-corrected chi connectivity index (χ4v) is 2.58. The van der Waals surface area contributed by atoms with Crippen molar-refractivity contribution in [1.82, 2.24) is 5.32 Å². The summed E-state index contributed by atoms with van der Waals surface area (Å²) in [4.78, 5) is 12.2. The second-order valence-corrected chi connectivity index (χ2v) is 5.58. The minimum atomic E-state index is -0.0998. The fourth-order valence-electron chi connectivity index (χ4n) is 2.58. The molecule has 2 aromatic rings. The number of hydrogen-bond acceptors (Lipinski definition) is 2. The number of amides is 1. The number of furan rings is 1. The minimum Gasteiger partial charge on any atom is -0.451 e. The number of fused-ring (bicyclic) bond motifs is 1. The molecule has 0 aliphatic rings. The van der Waals surface area contributed by atoms with Gasteiger partial charge in [0.15, 0.2) is 5.76 Å². The van der Waals surface area contributed by atoms with Gasteiger partial charge in [0.25, 0.3) is 5.91 Å². The predicted molar refractivity (Wildman–Crippen MR) is 86.7 cm³/mol. The molecule has 2 rings (SSSR count). The number of carbonyl (C=O) groups excluding carboxylic acids is 1. The lowest BCUT2D eigenvalue weighted by molar-refractivity contribution is 0.0926. The first-order chi connectivity index (χ1) is 10.2. The number of aryl methyl sites for hydroxylation is 1. The maximum absolute atomic E-state index is 12.2. The van der Waals surface area contributed by atoms with Gasteiger partial charge in [-0.25, -0.2) is 0 Å². The largest absolute Gasteiger partial charge is 0.451 e. The first-order valence-corrected chi connectivity index (χ1v) is 8.00. The average molecular weight is 287 g/mol. The molecular weight excluding hydrogens is 262 g/mol. The molecule has 21 heavy (non-hydrogen) atoms. The molecule has 1 aromatic carbocycles. The summed E-state index contributed by atoms with van der Waals surface area (Å²) in [6.07, 6.45) is 7.35. The number of para-hydroxylation sites is 1. The molecule has 114 valence electrons. The lowest BCUT2D eigenvalue weighted by Gasteiger charge is -2.04. The highest BCUT2D eigenvalue weighted by Crippen LogP contribution is 2.24. The Kier molecular flexibility index (Phi) is 5.85. The van der Waals surface area contributed by atoms with E-state index in [9.17, 15) is 4.79 Å². The van der Waals surface area contributed by atoms with E-state index in [0.29, 0.717) is 5.76 Å². The van der Waals surface area contributed by atoms with Crippen LogP contribution in [0.25, 0.3) is 11.0 Å². The zero-order valence-electron chi connectivity index (χ0n) is 13.1. The van der Waals surface area contributed by atoms with E-state index in [1.165, 1.54) is 32.1 Å². The van der Waals surface area contributed by atoms with Crippen LogP contribution in [-0.2, 0) is 0 Å². The van der Waals surface area contributed by atoms with Crippen LogP contribution >= 0.6 is 0 Å². The van der Waals surface area contributed by atoms with Crippen LogP contribution in [0.5, 0.6) is 0 Å². The molecule has 0 bridgehead atoms. The second-order valence-electron chi connectivity index (χ2n) is 5.58. The predicted octanol–water partition coefficient (Wildman–Crippen LogP) is 4.83. The molecule has 0 spiro atoms. The highest BCUT2D eigenvalue weighted by Gasteiger charge is 2.16. The standard InChI is InChI=1S/C18H25NO2/c1-3-4-5-6-7-10-13-19-18(20)17-14(2)15-11-8-9-12-16(15)21-17/h8-9,11-12H,3-7,10,13H2,1-2H3,(H,19,20). The van der Waals surface area contributed by atoms with Gasteiger partial charge < -0.3 is 9.73 Å². The molecule has 0 saturated heterocycles. The molecule has 0 radical (unpaired) electrons. The minimum absolute atomic E-state index is 0.0998. The molecule has 1 amide bonds. The third kappa shape index (κ3) is 4.10. The van der Waals surface area contributed by atoms with Crippen molar-refractivity contribution in [1.29, 1.82) is 0 Å². The molecule has 0 aliphatic heterocycles. The first-order valence-electron chi connectivity index (χ1n) is 8.00. The Morgan fingerprint density at radius 2 is 1.81 bits per heavy atom. The zero-order chi connectivity index (χ0) is 15.1. The van der Waals surface area contributed by atoms with Crippen LogP contribution in [0.2, 0.25) is 0 Å². The van der Waals surface area contributed by atoms with E-state index < -0.39 is 0 Å². The Morgan fingerprint density at radius 1 is 1.10 bits per heavy atom. The Bertz CT molecular complexity index is 586. The van der Waals surface area contributed by atoms with Gasteiger partial charge in [0, 0.05) is 17.5 Å². The molecule has 3 nitrogen and oxygen atoms in total. The molecule has 0 atom stereocenters. The van der Waals surface area contributed by atoms with Crippen LogP contribution in [0.15, 0.2) is 28.7 Å². The number of unbranched alkanes of at least 4 members (excludes halogenated alkanes) is 5. The molecule has 1 aromatic heterocycles. The van der Waals surface area contributed by atoms with Gasteiger partial charge in [0.2, 0.25) is 0 Å². The normalized spacial score (nSPS) is 11.0. The van der Waals surface area contributed by atoms with Crippen molar-refractivity contribution in [2.75, 3.05) is 6.54 Å². The van der Waals surface area contributed by atoms with Crippen molar-refractivity contribution < 1.29 is 9.21 Å². The van der Waals surface area contributed by atoms with Crippen molar-refractivity contribution in [3.8, 4) is 0 Å². The topological polar surface area (TPSA) is 42.2 Å². The van der Waals surface area contributed by atoms with Gasteiger partial charge in [-0.1, -0.05) is 57.2 Å². The van der Waals surface area contributed by atoms with Crippen molar-refractivity contribution >= 4 is 16.9 Å². The third-order valence-electron chi connectivity index (χ3n) is 3.87. The van der Waals surface area contributed by atoms with Gasteiger partial charge in [0.05, 0.1) is 0 Å². The van der Waals surface area contributed by atoms with E-state index in [-0.39, 0.29) is 5.91 Å². The highest BCUT2D eigenvalue weighted by atomic mass is 16.3. The highest BCUT2D eigenvalue weighted by molar-refractivity contribution is 5.98. The average Bonchev–Trinajstić information content (AvgIpc) is 2.84. The summed E-state index contributed by atoms with van der Waals surface area (Å²) in [5.41, 5.74) is 1.70. The molecular formula is C18H25NO2. The quantitative estimate of drug-likeness (QED) is 0.706. The van der Waals surface area contributed by atoms with Crippen molar-refractivity contribution in [2.45, 2.75) is 52.4 Å². The van der Waals surface area contributed by atoms with Gasteiger partial charge in [-0.3, -0.25) is 4.79 Å². The molecule has 0 saturated carbocycles. The van der Waals surface area contributed by atoms with Crippen LogP contribution in [0, 0.1) is 6.92 Å². The third-order valence-corrected chi connectivity index (χ3v) is 3.87. The Balaban J connectivity index is 1.81. The van der Waals surface area contributed by atoms with Gasteiger partial charge >= 0.3 is 0 Å². The number of nitrogens with one attached hydrogen (secondary N) is 1. The lowest BCUT2D eigenvalue weighted by atomic mass is 10.1. The molecule has 0 unspecified atom stereocenters. The smallest absolute Gasteiger partial charge is 0.287 e. The van der Waals surface area contributed by atoms with Crippen molar-refractivity contribution in [3.63, 3.8) is 0 Å². The number of rotatable bonds is 8. The van der Waals surface area contributed by atoms with Crippen LogP contribution in [-0.4, -0.2) is 12.5 Å². The van der Waals surface area contributed by atoms with E-state index in [1.54, 1.807) is 0 Å². The van der Waals surface area contributed by atoms with Crippen LogP contribution in [0.1, 0.15) is 61.6 Å². The van der Waals surface area contributed by atoms with Crippen LogP contribution < -0.4 is 5.32 Å². The van der Waals surface area contributed by atoms with E-state index >= 15 is 0 Å². The summed E-state index contributed by atoms with van der Waals surface area (Å²) >= 11 is 0. The van der Waals surface area contributed by atoms with Gasteiger partial charge in [-0.05, 0) is 19.4 Å². The Hall–Kier alpha value is -1.77. The SMILES string of the molecule is CCCCCCCCNC(=O)c1oc2ccccc2c1C. The molecule has 0 fully saturated rings. The van der Waals surface area contributed by atoms with E-state index in [0.717, 1.165) is 29.5 Å². The van der Waals surface area contributed by atoms with Gasteiger partial charge in [-0.2, -0.15) is 0 Å². The first kappa shape index (κ1) is 15.6. The summed E-state index contributed by atoms with van der Waals surface area (Å²) in [5.74, 6) is 0.347. The summed E-state index contributed by atoms with van der Waals surface area (Å²) in [6.45, 7) is 4.88. The van der Waals surface area contributed by atoms with Crippen molar-refractivity contribution in [3.05, 3.63) is 35.6 Å². The maximum atomic E-state index is 12.2. The molecule has 1 N–H and O–H groups in total. The van der Waals surface area contributed by atoms with E-state index in [4.69, 9.17) is 4.42 Å². The lowest BCUT2D eigenvalue weighted by Crippen LogP contribution is -2.24. The summed E-state index contributed by atoms with van der Waals surface area (Å²) in [7, 11) is 0. The number of benzene rings is 1.